The Morgan fingerprint density at radius 3 is 2.68 bits per heavy atom. The molecule has 0 spiro atoms. The topological polar surface area (TPSA) is 85.3 Å². The van der Waals surface area contributed by atoms with Crippen LogP contribution >= 0.6 is 0 Å². The van der Waals surface area contributed by atoms with E-state index < -0.39 is 15.8 Å². The molecule has 0 aliphatic rings. The highest BCUT2D eigenvalue weighted by Gasteiger charge is 2.18. The van der Waals surface area contributed by atoms with Gasteiger partial charge in [0, 0.05) is 6.54 Å². The number of furan rings is 1. The summed E-state index contributed by atoms with van der Waals surface area (Å²) >= 11 is 0. The summed E-state index contributed by atoms with van der Waals surface area (Å²) in [5, 5.41) is -0.204. The van der Waals surface area contributed by atoms with Crippen molar-refractivity contribution in [3.05, 3.63) is 53.5 Å². The number of nitrogens with one attached hydrogen (secondary N) is 1. The molecule has 0 saturated heterocycles. The van der Waals surface area contributed by atoms with Gasteiger partial charge in [0.25, 0.3) is 10.0 Å². The van der Waals surface area contributed by atoms with Crippen LogP contribution in [-0.2, 0) is 23.1 Å². The summed E-state index contributed by atoms with van der Waals surface area (Å²) in [7, 11) is -3.76. The standard InChI is InChI=1S/C12H13FN2O3S/c13-10-3-1-2-9(6-10)8-15-19(16,17)12-5-4-11(7-14)18-12/h1-6,15H,7-8,14H2. The molecule has 1 aromatic heterocycles. The largest absolute Gasteiger partial charge is 0.447 e. The Morgan fingerprint density at radius 2 is 2.05 bits per heavy atom. The molecule has 0 aliphatic carbocycles. The number of sulfonamides is 1. The molecule has 0 fully saturated rings. The Labute approximate surface area is 110 Å². The first kappa shape index (κ1) is 13.7. The molecule has 1 aromatic carbocycles. The van der Waals surface area contributed by atoms with Gasteiger partial charge >= 0.3 is 0 Å². The highest BCUT2D eigenvalue weighted by molar-refractivity contribution is 7.89. The van der Waals surface area contributed by atoms with Crippen LogP contribution in [0.5, 0.6) is 0 Å². The third-order valence-corrected chi connectivity index (χ3v) is 3.73. The Hall–Kier alpha value is -1.70. The fraction of sp³-hybridized carbons (Fsp3) is 0.167. The molecule has 0 amide bonds. The average molecular weight is 284 g/mol. The second kappa shape index (κ2) is 5.52. The van der Waals surface area contributed by atoms with Gasteiger partial charge in [0.2, 0.25) is 5.09 Å². The summed E-state index contributed by atoms with van der Waals surface area (Å²) < 4.78 is 44.1. The fourth-order valence-corrected chi connectivity index (χ4v) is 2.47. The maximum atomic E-state index is 12.9. The van der Waals surface area contributed by atoms with Crippen LogP contribution in [0.15, 0.2) is 45.9 Å². The van der Waals surface area contributed by atoms with Gasteiger partial charge < -0.3 is 10.2 Å². The van der Waals surface area contributed by atoms with E-state index in [9.17, 15) is 12.8 Å². The lowest BCUT2D eigenvalue weighted by Gasteiger charge is -2.04. The van der Waals surface area contributed by atoms with Crippen molar-refractivity contribution in [2.75, 3.05) is 0 Å². The van der Waals surface area contributed by atoms with Crippen molar-refractivity contribution < 1.29 is 17.2 Å². The average Bonchev–Trinajstić information content (AvgIpc) is 2.86. The molecule has 0 radical (unpaired) electrons. The maximum absolute atomic E-state index is 12.9. The van der Waals surface area contributed by atoms with Crippen LogP contribution in [0.1, 0.15) is 11.3 Å². The number of hydrogen-bond donors (Lipinski definition) is 2. The van der Waals surface area contributed by atoms with Gasteiger partial charge in [-0.05, 0) is 29.8 Å². The number of nitrogens with two attached hydrogens (primary N) is 1. The second-order valence-electron chi connectivity index (χ2n) is 3.88. The third-order valence-electron chi connectivity index (χ3n) is 2.46. The molecule has 7 heteroatoms. The van der Waals surface area contributed by atoms with Crippen LogP contribution in [0, 0.1) is 5.82 Å². The van der Waals surface area contributed by atoms with Crippen LogP contribution in [0.25, 0.3) is 0 Å². The van der Waals surface area contributed by atoms with Gasteiger partial charge in [0.05, 0.1) is 6.54 Å². The predicted molar refractivity (Wildman–Crippen MR) is 67.0 cm³/mol. The zero-order valence-electron chi connectivity index (χ0n) is 9.97. The summed E-state index contributed by atoms with van der Waals surface area (Å²) in [4.78, 5) is 0. The summed E-state index contributed by atoms with van der Waals surface area (Å²) in [5.74, 6) is -0.0359. The summed E-state index contributed by atoms with van der Waals surface area (Å²) in [6, 6.07) is 8.51. The number of halogens is 1. The molecular weight excluding hydrogens is 271 g/mol. The Morgan fingerprint density at radius 1 is 1.26 bits per heavy atom. The summed E-state index contributed by atoms with van der Waals surface area (Å²) in [5.41, 5.74) is 5.86. The molecule has 1 heterocycles. The normalized spacial score (nSPS) is 11.7. The zero-order valence-corrected chi connectivity index (χ0v) is 10.8. The molecule has 2 rings (SSSR count). The van der Waals surface area contributed by atoms with E-state index in [0.29, 0.717) is 11.3 Å². The second-order valence-corrected chi connectivity index (χ2v) is 5.58. The van der Waals surface area contributed by atoms with Gasteiger partial charge in [-0.2, -0.15) is 0 Å². The molecule has 0 atom stereocenters. The zero-order chi connectivity index (χ0) is 13.9. The minimum absolute atomic E-state index is 0.0151. The molecule has 0 bridgehead atoms. The molecule has 102 valence electrons. The lowest BCUT2D eigenvalue weighted by molar-refractivity contribution is 0.412. The van der Waals surface area contributed by atoms with Crippen LogP contribution in [0.2, 0.25) is 0 Å². The minimum atomic E-state index is -3.76. The first-order valence-corrected chi connectivity index (χ1v) is 7.02. The van der Waals surface area contributed by atoms with Crippen molar-refractivity contribution >= 4 is 10.0 Å². The van der Waals surface area contributed by atoms with Crippen molar-refractivity contribution in [1.82, 2.24) is 4.72 Å². The fourth-order valence-electron chi connectivity index (χ4n) is 1.51. The molecule has 2 aromatic rings. The highest BCUT2D eigenvalue weighted by Crippen LogP contribution is 2.14. The van der Waals surface area contributed by atoms with E-state index in [0.717, 1.165) is 0 Å². The van der Waals surface area contributed by atoms with Gasteiger partial charge in [-0.25, -0.2) is 17.5 Å². The van der Waals surface area contributed by atoms with Crippen LogP contribution in [-0.4, -0.2) is 8.42 Å². The molecule has 3 N–H and O–H groups in total. The van der Waals surface area contributed by atoms with E-state index in [4.69, 9.17) is 10.2 Å². The van der Waals surface area contributed by atoms with Gasteiger partial charge in [0.1, 0.15) is 11.6 Å². The molecule has 0 saturated carbocycles. The molecular formula is C12H13FN2O3S. The summed E-state index contributed by atoms with van der Waals surface area (Å²) in [6.07, 6.45) is 0. The van der Waals surface area contributed by atoms with Crippen molar-refractivity contribution in [3.8, 4) is 0 Å². The van der Waals surface area contributed by atoms with E-state index in [1.165, 1.54) is 30.3 Å². The Balaban J connectivity index is 2.09. The summed E-state index contributed by atoms with van der Waals surface area (Å²) in [6.45, 7) is 0.109. The van der Waals surface area contributed by atoms with E-state index in [1.54, 1.807) is 6.07 Å². The maximum Gasteiger partial charge on any atom is 0.274 e. The monoisotopic (exact) mass is 284 g/mol. The van der Waals surface area contributed by atoms with Crippen molar-refractivity contribution in [3.63, 3.8) is 0 Å². The van der Waals surface area contributed by atoms with Crippen molar-refractivity contribution in [2.45, 2.75) is 18.2 Å². The van der Waals surface area contributed by atoms with E-state index in [1.807, 2.05) is 0 Å². The van der Waals surface area contributed by atoms with Gasteiger partial charge in [-0.1, -0.05) is 12.1 Å². The molecule has 19 heavy (non-hydrogen) atoms. The third kappa shape index (κ3) is 3.40. The van der Waals surface area contributed by atoms with Gasteiger partial charge in [-0.3, -0.25) is 0 Å². The SMILES string of the molecule is NCc1ccc(S(=O)(=O)NCc2cccc(F)c2)o1. The Bertz CT molecular complexity index is 667. The van der Waals surface area contributed by atoms with Crippen molar-refractivity contribution in [1.29, 1.82) is 0 Å². The van der Waals surface area contributed by atoms with Crippen LogP contribution in [0.4, 0.5) is 4.39 Å². The van der Waals surface area contributed by atoms with E-state index >= 15 is 0 Å². The highest BCUT2D eigenvalue weighted by atomic mass is 32.2. The van der Waals surface area contributed by atoms with E-state index in [-0.39, 0.29) is 18.2 Å². The molecule has 0 aliphatic heterocycles. The number of benzene rings is 1. The molecule has 5 nitrogen and oxygen atoms in total. The van der Waals surface area contributed by atoms with Crippen LogP contribution in [0.3, 0.4) is 0 Å². The smallest absolute Gasteiger partial charge is 0.274 e. The minimum Gasteiger partial charge on any atom is -0.447 e. The van der Waals surface area contributed by atoms with Gasteiger partial charge in [0.15, 0.2) is 0 Å². The first-order valence-electron chi connectivity index (χ1n) is 5.54. The lowest BCUT2D eigenvalue weighted by atomic mass is 10.2. The lowest BCUT2D eigenvalue weighted by Crippen LogP contribution is -2.22. The molecule has 0 unspecified atom stereocenters. The van der Waals surface area contributed by atoms with E-state index in [2.05, 4.69) is 4.72 Å². The first-order chi connectivity index (χ1) is 9.01. The predicted octanol–water partition coefficient (Wildman–Crippen LogP) is 1.36. The van der Waals surface area contributed by atoms with Gasteiger partial charge in [-0.15, -0.1) is 0 Å². The number of hydrogen-bond acceptors (Lipinski definition) is 4. The number of rotatable bonds is 5. The Kier molecular flexibility index (Phi) is 3.98. The van der Waals surface area contributed by atoms with Crippen LogP contribution < -0.4 is 10.5 Å². The quantitative estimate of drug-likeness (QED) is 0.868. The van der Waals surface area contributed by atoms with Crippen molar-refractivity contribution in [2.24, 2.45) is 5.73 Å².